The van der Waals surface area contributed by atoms with Gasteiger partial charge in [-0.05, 0) is 40.5 Å². The molecular weight excluding hydrogens is 324 g/mol. The van der Waals surface area contributed by atoms with E-state index in [2.05, 4.69) is 36.4 Å². The van der Waals surface area contributed by atoms with Gasteiger partial charge in [-0.3, -0.25) is 0 Å². The maximum atomic E-state index is 12.1. The summed E-state index contributed by atoms with van der Waals surface area (Å²) < 4.78 is 4.96. The Bertz CT molecular complexity index is 680. The fourth-order valence-electron chi connectivity index (χ4n) is 2.60. The summed E-state index contributed by atoms with van der Waals surface area (Å²) in [6.07, 6.45) is 1.06. The molecule has 0 spiro atoms. The van der Waals surface area contributed by atoms with Crippen LogP contribution in [0.25, 0.3) is 0 Å². The molecular formula is C19H20O2S2. The van der Waals surface area contributed by atoms with Crippen LogP contribution in [0.5, 0.6) is 0 Å². The lowest BCUT2D eigenvalue weighted by atomic mass is 10.1. The lowest BCUT2D eigenvalue weighted by molar-refractivity contribution is 0.0599. The first-order valence-electron chi connectivity index (χ1n) is 7.69. The average molecular weight is 345 g/mol. The van der Waals surface area contributed by atoms with Crippen LogP contribution in [0.4, 0.5) is 0 Å². The molecule has 0 fully saturated rings. The van der Waals surface area contributed by atoms with Crippen molar-refractivity contribution in [3.8, 4) is 0 Å². The quantitative estimate of drug-likeness (QED) is 0.701. The normalized spacial score (nSPS) is 15.0. The van der Waals surface area contributed by atoms with Crippen molar-refractivity contribution in [1.29, 1.82) is 0 Å². The molecule has 0 amide bonds. The molecule has 2 nitrogen and oxygen atoms in total. The molecule has 0 aromatic heterocycles. The van der Waals surface area contributed by atoms with Crippen molar-refractivity contribution in [2.45, 2.75) is 23.7 Å². The third-order valence-electron chi connectivity index (χ3n) is 3.93. The number of carbonyl (C=O) groups is 1. The van der Waals surface area contributed by atoms with Gasteiger partial charge in [-0.2, -0.15) is 23.5 Å². The Kier molecular flexibility index (Phi) is 5.68. The number of methoxy groups -OCH3 is 1. The van der Waals surface area contributed by atoms with E-state index >= 15 is 0 Å². The van der Waals surface area contributed by atoms with Crippen molar-refractivity contribution in [2.75, 3.05) is 12.9 Å². The van der Waals surface area contributed by atoms with Crippen LogP contribution in [0.1, 0.15) is 32.6 Å². The van der Waals surface area contributed by atoms with Gasteiger partial charge in [-0.15, -0.1) is 0 Å². The third kappa shape index (κ3) is 4.33. The molecule has 4 aliphatic heterocycles. The van der Waals surface area contributed by atoms with Gasteiger partial charge in [0, 0.05) is 17.3 Å². The Morgan fingerprint density at radius 1 is 0.913 bits per heavy atom. The summed E-state index contributed by atoms with van der Waals surface area (Å²) in [5.74, 6) is 3.56. The van der Waals surface area contributed by atoms with Crippen LogP contribution < -0.4 is 0 Å². The second kappa shape index (κ2) is 7.93. The fraction of sp³-hybridized carbons (Fsp3) is 0.316. The van der Waals surface area contributed by atoms with E-state index in [1.54, 1.807) is 0 Å². The highest BCUT2D eigenvalue weighted by molar-refractivity contribution is 7.98. The Morgan fingerprint density at radius 3 is 2.39 bits per heavy atom. The standard InChI is InChI=1S/C19H20O2S2/c1-21-19(20)18-10-16-6-7-17(18)13-22-9-8-14-2-4-15(5-3-14)11-23-12-16/h2-7,10H,8-9,11-13H2,1H3. The fourth-order valence-corrected chi connectivity index (χ4v) is 4.54. The number of hydrogen-bond donors (Lipinski definition) is 0. The molecule has 4 aliphatic rings. The van der Waals surface area contributed by atoms with Gasteiger partial charge in [0.1, 0.15) is 0 Å². The van der Waals surface area contributed by atoms with Gasteiger partial charge < -0.3 is 4.74 Å². The Morgan fingerprint density at radius 2 is 1.61 bits per heavy atom. The van der Waals surface area contributed by atoms with Gasteiger partial charge in [0.2, 0.25) is 0 Å². The van der Waals surface area contributed by atoms with Crippen LogP contribution in [-0.2, 0) is 28.4 Å². The zero-order chi connectivity index (χ0) is 16.1. The number of benzene rings is 2. The number of esters is 1. The van der Waals surface area contributed by atoms with Gasteiger partial charge in [0.25, 0.3) is 0 Å². The van der Waals surface area contributed by atoms with E-state index in [1.165, 1.54) is 23.8 Å². The van der Waals surface area contributed by atoms with Gasteiger partial charge >= 0.3 is 5.97 Å². The van der Waals surface area contributed by atoms with Gasteiger partial charge in [-0.25, -0.2) is 4.79 Å². The summed E-state index contributed by atoms with van der Waals surface area (Å²) in [6.45, 7) is 0. The topological polar surface area (TPSA) is 26.3 Å². The second-order valence-corrected chi connectivity index (χ2v) is 7.69. The molecule has 4 heterocycles. The zero-order valence-corrected chi connectivity index (χ0v) is 14.8. The highest BCUT2D eigenvalue weighted by Crippen LogP contribution is 2.24. The molecule has 4 bridgehead atoms. The Hall–Kier alpha value is -1.39. The minimum Gasteiger partial charge on any atom is -0.465 e. The second-order valence-electron chi connectivity index (χ2n) is 5.59. The Balaban J connectivity index is 1.86. The van der Waals surface area contributed by atoms with Crippen LogP contribution in [-0.4, -0.2) is 18.8 Å². The summed E-state index contributed by atoms with van der Waals surface area (Å²) in [7, 11) is 1.45. The average Bonchev–Trinajstić information content (AvgIpc) is 2.61. The molecule has 23 heavy (non-hydrogen) atoms. The van der Waals surface area contributed by atoms with Crippen LogP contribution in [0.2, 0.25) is 0 Å². The smallest absolute Gasteiger partial charge is 0.338 e. The van der Waals surface area contributed by atoms with Gasteiger partial charge in [0.05, 0.1) is 12.7 Å². The molecule has 120 valence electrons. The number of ether oxygens (including phenoxy) is 1. The highest BCUT2D eigenvalue weighted by atomic mass is 32.2. The zero-order valence-electron chi connectivity index (χ0n) is 13.2. The van der Waals surface area contributed by atoms with E-state index in [0.717, 1.165) is 35.0 Å². The molecule has 0 saturated carbocycles. The van der Waals surface area contributed by atoms with Gasteiger partial charge in [0.15, 0.2) is 0 Å². The van der Waals surface area contributed by atoms with Crippen molar-refractivity contribution in [3.63, 3.8) is 0 Å². The van der Waals surface area contributed by atoms with Crippen molar-refractivity contribution < 1.29 is 9.53 Å². The maximum Gasteiger partial charge on any atom is 0.338 e. The van der Waals surface area contributed by atoms with Crippen molar-refractivity contribution >= 4 is 29.5 Å². The molecule has 0 radical (unpaired) electrons. The maximum absolute atomic E-state index is 12.1. The van der Waals surface area contributed by atoms with E-state index in [4.69, 9.17) is 4.74 Å². The van der Waals surface area contributed by atoms with E-state index < -0.39 is 0 Å². The minimum atomic E-state index is -0.232. The van der Waals surface area contributed by atoms with Crippen LogP contribution in [0, 0.1) is 0 Å². The molecule has 6 rings (SSSR count). The Labute approximate surface area is 146 Å². The van der Waals surface area contributed by atoms with Crippen LogP contribution in [0.15, 0.2) is 42.5 Å². The number of aryl methyl sites for hydroxylation is 1. The number of thioether (sulfide) groups is 2. The number of hydrogen-bond acceptors (Lipinski definition) is 4. The molecule has 0 saturated heterocycles. The minimum absolute atomic E-state index is 0.232. The van der Waals surface area contributed by atoms with E-state index in [9.17, 15) is 4.79 Å². The van der Waals surface area contributed by atoms with E-state index in [-0.39, 0.29) is 5.97 Å². The van der Waals surface area contributed by atoms with Crippen molar-refractivity contribution in [1.82, 2.24) is 0 Å². The first-order chi connectivity index (χ1) is 11.3. The molecule has 0 unspecified atom stereocenters. The predicted octanol–water partition coefficient (Wildman–Crippen LogP) is 4.70. The summed E-state index contributed by atoms with van der Waals surface area (Å²) in [4.78, 5) is 12.1. The summed E-state index contributed by atoms with van der Waals surface area (Å²) in [6, 6.07) is 15.2. The number of carbonyl (C=O) groups excluding carboxylic acids is 1. The molecule has 2 aromatic rings. The lowest BCUT2D eigenvalue weighted by Crippen LogP contribution is -2.06. The SMILES string of the molecule is COC(=O)c1cc2ccc1CSCCc1ccc(cc1)CSC2. The number of rotatable bonds is 1. The van der Waals surface area contributed by atoms with E-state index in [0.29, 0.717) is 5.56 Å². The molecule has 0 N–H and O–H groups in total. The largest absolute Gasteiger partial charge is 0.465 e. The lowest BCUT2D eigenvalue weighted by Gasteiger charge is -2.10. The van der Waals surface area contributed by atoms with Gasteiger partial charge in [-0.1, -0.05) is 36.4 Å². The third-order valence-corrected chi connectivity index (χ3v) is 6.02. The van der Waals surface area contributed by atoms with Crippen LogP contribution in [0.3, 0.4) is 0 Å². The van der Waals surface area contributed by atoms with Crippen molar-refractivity contribution in [3.05, 3.63) is 70.3 Å². The monoisotopic (exact) mass is 344 g/mol. The molecule has 0 atom stereocenters. The van der Waals surface area contributed by atoms with E-state index in [1.807, 2.05) is 29.6 Å². The summed E-state index contributed by atoms with van der Waals surface area (Å²) >= 11 is 3.74. The predicted molar refractivity (Wildman–Crippen MR) is 99.1 cm³/mol. The molecule has 2 aromatic carbocycles. The van der Waals surface area contributed by atoms with Crippen LogP contribution >= 0.6 is 23.5 Å². The highest BCUT2D eigenvalue weighted by Gasteiger charge is 2.13. The van der Waals surface area contributed by atoms with Crippen molar-refractivity contribution in [2.24, 2.45) is 0 Å². The molecule has 4 heteroatoms. The first-order valence-corrected chi connectivity index (χ1v) is 10.0. The summed E-state index contributed by atoms with van der Waals surface area (Å²) in [5, 5.41) is 0. The molecule has 0 aliphatic carbocycles. The summed E-state index contributed by atoms with van der Waals surface area (Å²) in [5.41, 5.74) is 5.69. The first kappa shape index (κ1) is 16.5.